The maximum Gasteiger partial charge on any atom is 0.258 e. The Hall–Kier alpha value is -3.22. The number of carbonyl (C=O) groups is 1. The van der Waals surface area contributed by atoms with E-state index in [1.807, 2.05) is 41.3 Å². The number of hydrogen-bond acceptors (Lipinski definition) is 6. The van der Waals surface area contributed by atoms with Crippen LogP contribution in [0.4, 0.5) is 0 Å². The molecule has 0 N–H and O–H groups in total. The number of carbonyl (C=O) groups excluding carboxylic acids is 1. The molecule has 1 aromatic carbocycles. The topological polar surface area (TPSA) is 81.4 Å². The summed E-state index contributed by atoms with van der Waals surface area (Å²) in [5.41, 5.74) is 2.01. The number of rotatable bonds is 7. The van der Waals surface area contributed by atoms with Gasteiger partial charge in [0.2, 0.25) is 5.91 Å². The summed E-state index contributed by atoms with van der Waals surface area (Å²) in [5, 5.41) is 4.10. The number of hydrogen-bond donors (Lipinski definition) is 0. The Morgan fingerprint density at radius 2 is 2.00 bits per heavy atom. The fourth-order valence-electron chi connectivity index (χ4n) is 3.63. The van der Waals surface area contributed by atoms with Gasteiger partial charge in [-0.25, -0.2) is 0 Å². The van der Waals surface area contributed by atoms with Gasteiger partial charge in [0.05, 0.1) is 7.11 Å². The molecule has 1 atom stereocenters. The molecule has 3 aromatic rings. The van der Waals surface area contributed by atoms with Crippen molar-refractivity contribution in [2.24, 2.45) is 5.92 Å². The predicted molar refractivity (Wildman–Crippen MR) is 107 cm³/mol. The normalized spacial score (nSPS) is 16.2. The minimum absolute atomic E-state index is 0.203. The number of aromatic nitrogens is 3. The molecule has 7 heteroatoms. The first-order valence-electron chi connectivity index (χ1n) is 9.85. The summed E-state index contributed by atoms with van der Waals surface area (Å²) in [4.78, 5) is 23.0. The Morgan fingerprint density at radius 1 is 1.21 bits per heavy atom. The molecule has 4 rings (SSSR count). The van der Waals surface area contributed by atoms with Gasteiger partial charge in [-0.05, 0) is 48.6 Å². The molecule has 2 aromatic heterocycles. The minimum Gasteiger partial charge on any atom is -0.497 e. The van der Waals surface area contributed by atoms with Gasteiger partial charge in [0.15, 0.2) is 5.82 Å². The summed E-state index contributed by atoms with van der Waals surface area (Å²) in [7, 11) is 1.65. The van der Waals surface area contributed by atoms with Crippen molar-refractivity contribution >= 4 is 5.91 Å². The molecule has 7 nitrogen and oxygen atoms in total. The van der Waals surface area contributed by atoms with Gasteiger partial charge < -0.3 is 14.2 Å². The molecule has 1 amide bonds. The molecule has 3 heterocycles. The highest BCUT2D eigenvalue weighted by Crippen LogP contribution is 2.23. The summed E-state index contributed by atoms with van der Waals surface area (Å²) in [5.74, 6) is 2.59. The molecule has 1 aliphatic heterocycles. The molecule has 0 spiro atoms. The Balaban J connectivity index is 1.26. The number of amides is 1. The second-order valence-corrected chi connectivity index (χ2v) is 7.30. The molecule has 1 aliphatic rings. The minimum atomic E-state index is 0.203. The van der Waals surface area contributed by atoms with Crippen LogP contribution in [0.15, 0.2) is 53.3 Å². The summed E-state index contributed by atoms with van der Waals surface area (Å²) < 4.78 is 10.5. The number of likely N-dealkylation sites (tertiary alicyclic amines) is 1. The van der Waals surface area contributed by atoms with E-state index in [1.54, 1.807) is 19.5 Å². The SMILES string of the molecule is COc1ccc(CCC(=O)N2CCC(Cc3noc(-c4ccncc4)n3)C2)cc1. The molecule has 0 bridgehead atoms. The summed E-state index contributed by atoms with van der Waals surface area (Å²) in [6, 6.07) is 11.6. The average molecular weight is 392 g/mol. The third-order valence-corrected chi connectivity index (χ3v) is 5.29. The van der Waals surface area contributed by atoms with E-state index in [4.69, 9.17) is 9.26 Å². The number of nitrogens with zero attached hydrogens (tertiary/aromatic N) is 4. The van der Waals surface area contributed by atoms with E-state index in [2.05, 4.69) is 15.1 Å². The molecular weight excluding hydrogens is 368 g/mol. The molecular formula is C22H24N4O3. The lowest BCUT2D eigenvalue weighted by Gasteiger charge is -2.16. The maximum atomic E-state index is 12.6. The standard InChI is InChI=1S/C22H24N4O3/c1-28-19-5-2-16(3-6-19)4-7-21(27)26-13-10-17(15-26)14-20-24-22(29-25-20)18-8-11-23-12-9-18/h2-3,5-6,8-9,11-12,17H,4,7,10,13-15H2,1H3. The average Bonchev–Trinajstić information content (AvgIpc) is 3.43. The molecule has 0 saturated carbocycles. The van der Waals surface area contributed by atoms with Crippen LogP contribution in [0.1, 0.15) is 24.2 Å². The molecule has 0 aliphatic carbocycles. The fourth-order valence-corrected chi connectivity index (χ4v) is 3.63. The van der Waals surface area contributed by atoms with Gasteiger partial charge in [-0.15, -0.1) is 0 Å². The van der Waals surface area contributed by atoms with Crippen molar-refractivity contribution in [2.75, 3.05) is 20.2 Å². The van der Waals surface area contributed by atoms with Gasteiger partial charge in [-0.3, -0.25) is 9.78 Å². The van der Waals surface area contributed by atoms with Crippen LogP contribution in [0.5, 0.6) is 5.75 Å². The first-order valence-corrected chi connectivity index (χ1v) is 9.85. The van der Waals surface area contributed by atoms with Crippen molar-refractivity contribution in [2.45, 2.75) is 25.7 Å². The van der Waals surface area contributed by atoms with Crippen LogP contribution in [-0.4, -0.2) is 46.1 Å². The van der Waals surface area contributed by atoms with Crippen molar-refractivity contribution in [3.63, 3.8) is 0 Å². The second-order valence-electron chi connectivity index (χ2n) is 7.30. The lowest BCUT2D eigenvalue weighted by atomic mass is 10.0. The zero-order chi connectivity index (χ0) is 20.1. The van der Waals surface area contributed by atoms with Crippen molar-refractivity contribution in [1.82, 2.24) is 20.0 Å². The molecule has 1 saturated heterocycles. The van der Waals surface area contributed by atoms with Crippen LogP contribution in [0.25, 0.3) is 11.5 Å². The summed E-state index contributed by atoms with van der Waals surface area (Å²) in [6.45, 7) is 1.54. The second kappa shape index (κ2) is 8.86. The van der Waals surface area contributed by atoms with E-state index in [9.17, 15) is 4.79 Å². The van der Waals surface area contributed by atoms with E-state index < -0.39 is 0 Å². The van der Waals surface area contributed by atoms with Crippen molar-refractivity contribution in [3.8, 4) is 17.2 Å². The smallest absolute Gasteiger partial charge is 0.258 e. The lowest BCUT2D eigenvalue weighted by molar-refractivity contribution is -0.130. The van der Waals surface area contributed by atoms with Crippen LogP contribution in [0, 0.1) is 5.92 Å². The highest BCUT2D eigenvalue weighted by Gasteiger charge is 2.27. The van der Waals surface area contributed by atoms with Crippen LogP contribution >= 0.6 is 0 Å². The summed E-state index contributed by atoms with van der Waals surface area (Å²) >= 11 is 0. The van der Waals surface area contributed by atoms with Gasteiger partial charge in [0.1, 0.15) is 5.75 Å². The lowest BCUT2D eigenvalue weighted by Crippen LogP contribution is -2.29. The highest BCUT2D eigenvalue weighted by atomic mass is 16.5. The Morgan fingerprint density at radius 3 is 2.76 bits per heavy atom. The Bertz CT molecular complexity index is 940. The van der Waals surface area contributed by atoms with Crippen molar-refractivity contribution in [1.29, 1.82) is 0 Å². The first-order chi connectivity index (χ1) is 14.2. The Labute approximate surface area is 169 Å². The van der Waals surface area contributed by atoms with Gasteiger partial charge in [-0.2, -0.15) is 4.98 Å². The van der Waals surface area contributed by atoms with E-state index in [0.717, 1.165) is 49.2 Å². The van der Waals surface area contributed by atoms with Crippen LogP contribution in [0.3, 0.4) is 0 Å². The quantitative estimate of drug-likeness (QED) is 0.614. The monoisotopic (exact) mass is 392 g/mol. The molecule has 1 fully saturated rings. The first kappa shape index (κ1) is 19.1. The molecule has 1 unspecified atom stereocenters. The van der Waals surface area contributed by atoms with Gasteiger partial charge in [-0.1, -0.05) is 17.3 Å². The zero-order valence-corrected chi connectivity index (χ0v) is 16.5. The zero-order valence-electron chi connectivity index (χ0n) is 16.5. The molecule has 0 radical (unpaired) electrons. The number of ether oxygens (including phenoxy) is 1. The van der Waals surface area contributed by atoms with E-state index >= 15 is 0 Å². The number of pyridine rings is 1. The molecule has 150 valence electrons. The number of aryl methyl sites for hydroxylation is 1. The highest BCUT2D eigenvalue weighted by molar-refractivity contribution is 5.76. The van der Waals surface area contributed by atoms with Gasteiger partial charge in [0.25, 0.3) is 5.89 Å². The van der Waals surface area contributed by atoms with Crippen LogP contribution in [0.2, 0.25) is 0 Å². The Kier molecular flexibility index (Phi) is 5.84. The fraction of sp³-hybridized carbons (Fsp3) is 0.364. The number of methoxy groups -OCH3 is 1. The van der Waals surface area contributed by atoms with E-state index in [1.165, 1.54) is 0 Å². The predicted octanol–water partition coefficient (Wildman–Crippen LogP) is 3.16. The third kappa shape index (κ3) is 4.80. The van der Waals surface area contributed by atoms with Crippen LogP contribution in [-0.2, 0) is 17.6 Å². The number of benzene rings is 1. The van der Waals surface area contributed by atoms with E-state index in [0.29, 0.717) is 24.1 Å². The summed E-state index contributed by atoms with van der Waals surface area (Å²) in [6.07, 6.45) is 6.35. The van der Waals surface area contributed by atoms with Gasteiger partial charge in [0, 0.05) is 43.9 Å². The van der Waals surface area contributed by atoms with Crippen molar-refractivity contribution in [3.05, 3.63) is 60.2 Å². The largest absolute Gasteiger partial charge is 0.497 e. The van der Waals surface area contributed by atoms with Crippen LogP contribution < -0.4 is 4.74 Å². The third-order valence-electron chi connectivity index (χ3n) is 5.29. The maximum absolute atomic E-state index is 12.6. The molecule has 29 heavy (non-hydrogen) atoms. The van der Waals surface area contributed by atoms with Crippen molar-refractivity contribution < 1.29 is 14.1 Å². The van der Waals surface area contributed by atoms with Gasteiger partial charge >= 0.3 is 0 Å². The van der Waals surface area contributed by atoms with E-state index in [-0.39, 0.29) is 5.91 Å².